The second-order valence-corrected chi connectivity index (χ2v) is 4.30. The van der Waals surface area contributed by atoms with Gasteiger partial charge in [-0.3, -0.25) is 4.79 Å². The Morgan fingerprint density at radius 2 is 2.25 bits per heavy atom. The molecule has 5 heteroatoms. The summed E-state index contributed by atoms with van der Waals surface area (Å²) in [6.45, 7) is 4.79. The Kier molecular flexibility index (Phi) is 5.73. The maximum Gasteiger partial charge on any atom is 0.224 e. The van der Waals surface area contributed by atoms with Crippen LogP contribution in [-0.2, 0) is 14.3 Å². The fourth-order valence-electron chi connectivity index (χ4n) is 1.90. The number of amides is 1. The van der Waals surface area contributed by atoms with Crippen LogP contribution in [0, 0.1) is 11.8 Å². The van der Waals surface area contributed by atoms with Gasteiger partial charge < -0.3 is 20.1 Å². The molecule has 0 bridgehead atoms. The van der Waals surface area contributed by atoms with E-state index >= 15 is 0 Å². The van der Waals surface area contributed by atoms with Gasteiger partial charge in [0.25, 0.3) is 0 Å². The van der Waals surface area contributed by atoms with Crippen molar-refractivity contribution in [3.05, 3.63) is 0 Å². The lowest BCUT2D eigenvalue weighted by molar-refractivity contribution is -0.126. The van der Waals surface area contributed by atoms with E-state index in [2.05, 4.69) is 17.6 Å². The van der Waals surface area contributed by atoms with Crippen LogP contribution < -0.4 is 10.6 Å². The predicted molar refractivity (Wildman–Crippen MR) is 61.2 cm³/mol. The third-order valence-electron chi connectivity index (χ3n) is 3.04. The fourth-order valence-corrected chi connectivity index (χ4v) is 1.90. The van der Waals surface area contributed by atoms with Crippen LogP contribution in [0.1, 0.15) is 6.92 Å². The lowest BCUT2D eigenvalue weighted by Crippen LogP contribution is -2.40. The Morgan fingerprint density at radius 1 is 1.50 bits per heavy atom. The number of hydrogen-bond donors (Lipinski definition) is 2. The summed E-state index contributed by atoms with van der Waals surface area (Å²) in [6.07, 6.45) is -0.0707. The molecule has 0 aromatic carbocycles. The van der Waals surface area contributed by atoms with Gasteiger partial charge in [0, 0.05) is 27.3 Å². The average Bonchev–Trinajstić information content (AvgIpc) is 2.70. The molecule has 0 aromatic heterocycles. The molecule has 0 aromatic rings. The first-order chi connectivity index (χ1) is 7.69. The molecule has 2 N–H and O–H groups in total. The van der Waals surface area contributed by atoms with E-state index in [1.165, 1.54) is 0 Å². The highest BCUT2D eigenvalue weighted by Crippen LogP contribution is 2.15. The fraction of sp³-hybridized carbons (Fsp3) is 0.909. The molecule has 0 saturated carbocycles. The highest BCUT2D eigenvalue weighted by atomic mass is 16.5. The van der Waals surface area contributed by atoms with Crippen molar-refractivity contribution in [3.63, 3.8) is 0 Å². The molecule has 1 amide bonds. The Hall–Kier alpha value is -0.650. The van der Waals surface area contributed by atoms with Crippen LogP contribution in [0.5, 0.6) is 0 Å². The summed E-state index contributed by atoms with van der Waals surface area (Å²) >= 11 is 0. The topological polar surface area (TPSA) is 59.6 Å². The van der Waals surface area contributed by atoms with Gasteiger partial charge in [0.1, 0.15) is 0 Å². The smallest absolute Gasteiger partial charge is 0.224 e. The van der Waals surface area contributed by atoms with Crippen molar-refractivity contribution >= 4 is 5.91 Å². The monoisotopic (exact) mass is 230 g/mol. The summed E-state index contributed by atoms with van der Waals surface area (Å²) in [6, 6.07) is 0. The molecule has 0 aliphatic carbocycles. The van der Waals surface area contributed by atoms with E-state index in [0.717, 1.165) is 13.1 Å². The first-order valence-corrected chi connectivity index (χ1v) is 5.69. The molecular weight excluding hydrogens is 208 g/mol. The van der Waals surface area contributed by atoms with Crippen molar-refractivity contribution in [2.75, 3.05) is 40.5 Å². The maximum absolute atomic E-state index is 11.8. The van der Waals surface area contributed by atoms with E-state index in [4.69, 9.17) is 9.47 Å². The van der Waals surface area contributed by atoms with Crippen LogP contribution in [0.2, 0.25) is 0 Å². The standard InChI is InChI=1S/C11H22N2O3/c1-8-4-12-6-10(8)11(14)13-5-9(16-3)7-15-2/h8-10,12H,4-7H2,1-3H3,(H,13,14). The van der Waals surface area contributed by atoms with E-state index in [1.54, 1.807) is 14.2 Å². The van der Waals surface area contributed by atoms with E-state index < -0.39 is 0 Å². The van der Waals surface area contributed by atoms with E-state index in [0.29, 0.717) is 19.1 Å². The number of ether oxygens (including phenoxy) is 2. The lowest BCUT2D eigenvalue weighted by Gasteiger charge is -2.18. The minimum atomic E-state index is -0.0707. The van der Waals surface area contributed by atoms with Gasteiger partial charge in [-0.2, -0.15) is 0 Å². The molecule has 3 atom stereocenters. The zero-order valence-electron chi connectivity index (χ0n) is 10.3. The van der Waals surface area contributed by atoms with Gasteiger partial charge in [-0.25, -0.2) is 0 Å². The number of methoxy groups -OCH3 is 2. The van der Waals surface area contributed by atoms with E-state index in [1.807, 2.05) is 0 Å². The molecular formula is C11H22N2O3. The second kappa shape index (κ2) is 6.83. The van der Waals surface area contributed by atoms with Crippen LogP contribution in [0.15, 0.2) is 0 Å². The number of rotatable bonds is 6. The molecule has 16 heavy (non-hydrogen) atoms. The highest BCUT2D eigenvalue weighted by Gasteiger charge is 2.29. The Balaban J connectivity index is 2.28. The molecule has 0 radical (unpaired) electrons. The zero-order chi connectivity index (χ0) is 12.0. The van der Waals surface area contributed by atoms with Gasteiger partial charge in [0.05, 0.1) is 18.6 Å². The summed E-state index contributed by atoms with van der Waals surface area (Å²) in [7, 11) is 3.24. The molecule has 1 saturated heterocycles. The minimum absolute atomic E-state index is 0.0707. The van der Waals surface area contributed by atoms with Crippen molar-refractivity contribution < 1.29 is 14.3 Å². The summed E-state index contributed by atoms with van der Waals surface area (Å²) in [4.78, 5) is 11.8. The van der Waals surface area contributed by atoms with Crippen LogP contribution >= 0.6 is 0 Å². The number of carbonyl (C=O) groups excluding carboxylic acids is 1. The summed E-state index contributed by atoms with van der Waals surface area (Å²) in [5.41, 5.74) is 0. The Bertz CT molecular complexity index is 223. The van der Waals surface area contributed by atoms with Crippen LogP contribution in [0.4, 0.5) is 0 Å². The largest absolute Gasteiger partial charge is 0.382 e. The number of nitrogens with one attached hydrogen (secondary N) is 2. The Labute approximate surface area is 96.9 Å². The summed E-state index contributed by atoms with van der Waals surface area (Å²) in [5.74, 6) is 0.596. The zero-order valence-corrected chi connectivity index (χ0v) is 10.3. The molecule has 1 rings (SSSR count). The highest BCUT2D eigenvalue weighted by molar-refractivity contribution is 5.79. The van der Waals surface area contributed by atoms with Crippen molar-refractivity contribution in [1.29, 1.82) is 0 Å². The molecule has 3 unspecified atom stereocenters. The SMILES string of the molecule is COCC(CNC(=O)C1CNCC1C)OC. The van der Waals surface area contributed by atoms with E-state index in [9.17, 15) is 4.79 Å². The van der Waals surface area contributed by atoms with Gasteiger partial charge in [0.15, 0.2) is 0 Å². The molecule has 0 spiro atoms. The maximum atomic E-state index is 11.8. The van der Waals surface area contributed by atoms with Crippen molar-refractivity contribution in [2.45, 2.75) is 13.0 Å². The first-order valence-electron chi connectivity index (χ1n) is 5.69. The van der Waals surface area contributed by atoms with Gasteiger partial charge in [-0.05, 0) is 12.5 Å². The van der Waals surface area contributed by atoms with Gasteiger partial charge in [-0.15, -0.1) is 0 Å². The summed E-state index contributed by atoms with van der Waals surface area (Å²) < 4.78 is 10.2. The third-order valence-corrected chi connectivity index (χ3v) is 3.04. The Morgan fingerprint density at radius 3 is 2.75 bits per heavy atom. The van der Waals surface area contributed by atoms with Gasteiger partial charge >= 0.3 is 0 Å². The van der Waals surface area contributed by atoms with Gasteiger partial charge in [0.2, 0.25) is 5.91 Å². The number of hydrogen-bond acceptors (Lipinski definition) is 4. The van der Waals surface area contributed by atoms with Crippen LogP contribution in [-0.4, -0.2) is 52.5 Å². The lowest BCUT2D eigenvalue weighted by atomic mass is 9.97. The molecule has 94 valence electrons. The van der Waals surface area contributed by atoms with E-state index in [-0.39, 0.29) is 17.9 Å². The van der Waals surface area contributed by atoms with Crippen molar-refractivity contribution in [3.8, 4) is 0 Å². The molecule has 1 aliphatic rings. The second-order valence-electron chi connectivity index (χ2n) is 4.30. The predicted octanol–water partition coefficient (Wildman–Crippen LogP) is -0.380. The normalized spacial score (nSPS) is 26.7. The van der Waals surface area contributed by atoms with Crippen molar-refractivity contribution in [2.24, 2.45) is 11.8 Å². The molecule has 5 nitrogen and oxygen atoms in total. The van der Waals surface area contributed by atoms with Gasteiger partial charge in [-0.1, -0.05) is 6.92 Å². The first kappa shape index (κ1) is 13.4. The molecule has 1 fully saturated rings. The molecule has 1 aliphatic heterocycles. The molecule has 1 heterocycles. The summed E-state index contributed by atoms with van der Waals surface area (Å²) in [5, 5.41) is 6.12. The van der Waals surface area contributed by atoms with Crippen molar-refractivity contribution in [1.82, 2.24) is 10.6 Å². The quantitative estimate of drug-likeness (QED) is 0.653. The van der Waals surface area contributed by atoms with Crippen LogP contribution in [0.3, 0.4) is 0 Å². The van der Waals surface area contributed by atoms with Crippen LogP contribution in [0.25, 0.3) is 0 Å². The number of carbonyl (C=O) groups is 1. The minimum Gasteiger partial charge on any atom is -0.382 e. The third kappa shape index (κ3) is 3.73. The average molecular weight is 230 g/mol.